The van der Waals surface area contributed by atoms with Gasteiger partial charge in [-0.2, -0.15) is 0 Å². The van der Waals surface area contributed by atoms with E-state index in [4.69, 9.17) is 4.74 Å². The Kier molecular flexibility index (Phi) is 7.40. The summed E-state index contributed by atoms with van der Waals surface area (Å²) >= 11 is 0. The monoisotopic (exact) mass is 444 g/mol. The fraction of sp³-hybridized carbons (Fsp3) is 0.308. The van der Waals surface area contributed by atoms with Crippen LogP contribution in [-0.2, 0) is 9.53 Å². The highest BCUT2D eigenvalue weighted by molar-refractivity contribution is 5.75. The number of carboxylic acid groups (broad SMARTS) is 1. The predicted octanol–water partition coefficient (Wildman–Crippen LogP) is 3.53. The van der Waals surface area contributed by atoms with Crippen molar-refractivity contribution in [2.75, 3.05) is 37.4 Å². The molecule has 1 aliphatic carbocycles. The van der Waals surface area contributed by atoms with Crippen LogP contribution in [0.4, 0.5) is 11.5 Å². The third-order valence-corrected chi connectivity index (χ3v) is 5.80. The SMILES string of the molecule is COC[C@H](C(=O)O)C1=C=C=CC(CCNC(c2ccccc2)[C@H]2CNc3cccnc3N2)=C1. The van der Waals surface area contributed by atoms with E-state index in [-0.39, 0.29) is 18.7 Å². The number of aromatic nitrogens is 1. The molecule has 1 aliphatic heterocycles. The van der Waals surface area contributed by atoms with Crippen LogP contribution in [0.5, 0.6) is 0 Å². The van der Waals surface area contributed by atoms with E-state index in [0.717, 1.165) is 30.0 Å². The highest BCUT2D eigenvalue weighted by Gasteiger charge is 2.27. The van der Waals surface area contributed by atoms with E-state index >= 15 is 0 Å². The predicted molar refractivity (Wildman–Crippen MR) is 128 cm³/mol. The van der Waals surface area contributed by atoms with Gasteiger partial charge in [0.05, 0.1) is 24.4 Å². The summed E-state index contributed by atoms with van der Waals surface area (Å²) in [5.74, 6) is -0.820. The number of nitrogens with one attached hydrogen (secondary N) is 3. The summed E-state index contributed by atoms with van der Waals surface area (Å²) in [6.07, 6.45) is 6.26. The highest BCUT2D eigenvalue weighted by atomic mass is 16.5. The second-order valence-electron chi connectivity index (χ2n) is 8.06. The largest absolute Gasteiger partial charge is 0.481 e. The van der Waals surface area contributed by atoms with Crippen molar-refractivity contribution in [3.8, 4) is 0 Å². The van der Waals surface area contributed by atoms with Crippen molar-refractivity contribution < 1.29 is 14.6 Å². The van der Waals surface area contributed by atoms with Crippen molar-refractivity contribution in [1.29, 1.82) is 0 Å². The van der Waals surface area contributed by atoms with Crippen LogP contribution in [-0.4, -0.2) is 48.9 Å². The Labute approximate surface area is 193 Å². The summed E-state index contributed by atoms with van der Waals surface area (Å²) in [5.41, 5.74) is 9.69. The van der Waals surface area contributed by atoms with Gasteiger partial charge in [0, 0.05) is 25.4 Å². The van der Waals surface area contributed by atoms with Gasteiger partial charge in [0.25, 0.3) is 0 Å². The molecule has 0 saturated carbocycles. The van der Waals surface area contributed by atoms with Gasteiger partial charge in [-0.3, -0.25) is 4.79 Å². The van der Waals surface area contributed by atoms with E-state index in [1.54, 1.807) is 6.20 Å². The molecule has 170 valence electrons. The average molecular weight is 445 g/mol. The van der Waals surface area contributed by atoms with Crippen molar-refractivity contribution in [3.63, 3.8) is 0 Å². The molecule has 0 amide bonds. The van der Waals surface area contributed by atoms with Crippen molar-refractivity contribution >= 4 is 17.5 Å². The van der Waals surface area contributed by atoms with E-state index < -0.39 is 11.9 Å². The summed E-state index contributed by atoms with van der Waals surface area (Å²) in [4.78, 5) is 16.0. The lowest BCUT2D eigenvalue weighted by molar-refractivity contribution is -0.141. The van der Waals surface area contributed by atoms with Gasteiger partial charge in [-0.15, -0.1) is 0 Å². The Morgan fingerprint density at radius 3 is 2.94 bits per heavy atom. The molecule has 2 heterocycles. The molecule has 0 radical (unpaired) electrons. The van der Waals surface area contributed by atoms with Crippen LogP contribution in [0.3, 0.4) is 0 Å². The lowest BCUT2D eigenvalue weighted by Crippen LogP contribution is -2.44. The van der Waals surface area contributed by atoms with Gasteiger partial charge in [-0.1, -0.05) is 41.8 Å². The molecule has 33 heavy (non-hydrogen) atoms. The van der Waals surface area contributed by atoms with Crippen LogP contribution in [0, 0.1) is 5.92 Å². The molecule has 0 bridgehead atoms. The van der Waals surface area contributed by atoms with Crippen LogP contribution < -0.4 is 16.0 Å². The minimum atomic E-state index is -0.925. The van der Waals surface area contributed by atoms with Crippen LogP contribution in [0.1, 0.15) is 18.0 Å². The molecule has 2 aliphatic rings. The minimum Gasteiger partial charge on any atom is -0.481 e. The Morgan fingerprint density at radius 1 is 1.30 bits per heavy atom. The van der Waals surface area contributed by atoms with E-state index in [1.807, 2.05) is 42.5 Å². The van der Waals surface area contributed by atoms with Crippen LogP contribution in [0.15, 0.2) is 83.4 Å². The lowest BCUT2D eigenvalue weighted by Gasteiger charge is -2.34. The second kappa shape index (κ2) is 10.8. The number of pyridine rings is 1. The van der Waals surface area contributed by atoms with Crippen molar-refractivity contribution in [1.82, 2.24) is 10.3 Å². The number of carboxylic acids is 1. The summed E-state index contributed by atoms with van der Waals surface area (Å²) in [5, 5.41) is 20.2. The zero-order valence-electron chi connectivity index (χ0n) is 18.5. The van der Waals surface area contributed by atoms with Crippen LogP contribution in [0.2, 0.25) is 0 Å². The third-order valence-electron chi connectivity index (χ3n) is 5.80. The number of anilines is 2. The molecule has 7 nitrogen and oxygen atoms in total. The van der Waals surface area contributed by atoms with Crippen molar-refractivity contribution in [2.45, 2.75) is 18.5 Å². The molecule has 3 atom stereocenters. The number of ether oxygens (including phenoxy) is 1. The lowest BCUT2D eigenvalue weighted by atomic mass is 9.95. The van der Waals surface area contributed by atoms with Gasteiger partial charge < -0.3 is 25.8 Å². The summed E-state index contributed by atoms with van der Waals surface area (Å²) in [6.45, 7) is 1.58. The zero-order valence-corrected chi connectivity index (χ0v) is 18.5. The molecule has 4 rings (SSSR count). The van der Waals surface area contributed by atoms with E-state index in [2.05, 4.69) is 44.5 Å². The maximum Gasteiger partial charge on any atom is 0.314 e. The number of rotatable bonds is 10. The molecule has 2 aromatic rings. The number of methoxy groups -OCH3 is 1. The third kappa shape index (κ3) is 5.61. The first-order valence-electron chi connectivity index (χ1n) is 11.0. The summed E-state index contributed by atoms with van der Waals surface area (Å²) in [7, 11) is 1.50. The molecule has 4 N–H and O–H groups in total. The number of aliphatic carboxylic acids is 1. The number of hydrogen-bond acceptors (Lipinski definition) is 6. The van der Waals surface area contributed by atoms with Gasteiger partial charge in [0.1, 0.15) is 11.7 Å². The topological polar surface area (TPSA) is 95.5 Å². The van der Waals surface area contributed by atoms with Crippen LogP contribution >= 0.6 is 0 Å². The maximum atomic E-state index is 11.6. The fourth-order valence-electron chi connectivity index (χ4n) is 4.12. The fourth-order valence-corrected chi connectivity index (χ4v) is 4.12. The van der Waals surface area contributed by atoms with Gasteiger partial charge in [-0.05, 0) is 48.4 Å². The van der Waals surface area contributed by atoms with Gasteiger partial charge in [0.2, 0.25) is 0 Å². The Morgan fingerprint density at radius 2 is 2.15 bits per heavy atom. The molecule has 1 aromatic heterocycles. The van der Waals surface area contributed by atoms with Crippen molar-refractivity contribution in [2.24, 2.45) is 5.92 Å². The number of hydrogen-bond donors (Lipinski definition) is 4. The van der Waals surface area contributed by atoms with E-state index in [0.29, 0.717) is 12.1 Å². The van der Waals surface area contributed by atoms with E-state index in [9.17, 15) is 9.90 Å². The van der Waals surface area contributed by atoms with Gasteiger partial charge in [-0.25, -0.2) is 4.98 Å². The molecular formula is C26H28N4O3. The molecule has 0 fully saturated rings. The molecular weight excluding hydrogens is 416 g/mol. The first-order chi connectivity index (χ1) is 16.2. The molecule has 1 aromatic carbocycles. The second-order valence-corrected chi connectivity index (χ2v) is 8.06. The first-order valence-corrected chi connectivity index (χ1v) is 11.0. The minimum absolute atomic E-state index is 0.0628. The Balaban J connectivity index is 1.44. The summed E-state index contributed by atoms with van der Waals surface area (Å²) in [6, 6.07) is 14.5. The zero-order chi connectivity index (χ0) is 23.0. The maximum absolute atomic E-state index is 11.6. The van der Waals surface area contributed by atoms with Gasteiger partial charge >= 0.3 is 5.97 Å². The molecule has 7 heteroatoms. The molecule has 1 unspecified atom stereocenters. The molecule has 0 saturated heterocycles. The number of fused-ring (bicyclic) bond motifs is 1. The highest BCUT2D eigenvalue weighted by Crippen LogP contribution is 2.28. The first kappa shape index (κ1) is 22.6. The normalized spacial score (nSPS) is 18.3. The van der Waals surface area contributed by atoms with Gasteiger partial charge in [0.15, 0.2) is 0 Å². The molecule has 0 spiro atoms. The quantitative estimate of drug-likeness (QED) is 0.417. The number of benzene rings is 1. The standard InChI is InChI=1S/C26H28N4O3/c1-33-17-21(26(31)32)20-10-5-7-18(15-20)12-14-27-24(19-8-3-2-4-9-19)23-16-29-22-11-6-13-28-25(22)30-23/h2-4,6-9,11,13,15,21,23-24,27,29H,12,14,16-17H2,1H3,(H,28,30)(H,31,32)/t21-,23+,24?/m0/s1. The summed E-state index contributed by atoms with van der Waals surface area (Å²) < 4.78 is 5.07. The number of nitrogens with zero attached hydrogens (tertiary/aromatic N) is 1. The average Bonchev–Trinajstić information content (AvgIpc) is 2.85. The van der Waals surface area contributed by atoms with Crippen molar-refractivity contribution in [3.05, 3.63) is 89.0 Å². The number of carbonyl (C=O) groups is 1. The van der Waals surface area contributed by atoms with Crippen LogP contribution in [0.25, 0.3) is 0 Å². The smallest absolute Gasteiger partial charge is 0.314 e. The Bertz CT molecular complexity index is 1120. The van der Waals surface area contributed by atoms with E-state index in [1.165, 1.54) is 12.7 Å². The number of allylic oxidation sites excluding steroid dienone is 2. The Hall–Kier alpha value is -3.60.